The molecule has 0 bridgehead atoms. The monoisotopic (exact) mass is 578 g/mol. The van der Waals surface area contributed by atoms with E-state index in [2.05, 4.69) is 14.2 Å². The van der Waals surface area contributed by atoms with E-state index < -0.39 is 40.7 Å². The molecule has 2 saturated heterocycles. The minimum atomic E-state index is -1.32. The maximum atomic E-state index is 5.49. The maximum Gasteiger partial charge on any atom is 0.334 e. The van der Waals surface area contributed by atoms with Crippen LogP contribution < -0.4 is 0 Å². The van der Waals surface area contributed by atoms with Crippen LogP contribution in [0.15, 0.2) is 0 Å². The molecule has 18 heteroatoms. The van der Waals surface area contributed by atoms with Crippen molar-refractivity contribution in [1.82, 2.24) is 0 Å². The van der Waals surface area contributed by atoms with E-state index in [9.17, 15) is 0 Å². The summed E-state index contributed by atoms with van der Waals surface area (Å²) >= 11 is 0. The fraction of sp³-hybridized carbons (Fsp3) is 1.00. The smallest absolute Gasteiger partial charge is 0.333 e. The highest BCUT2D eigenvalue weighted by atomic mass is 31.2. The van der Waals surface area contributed by atoms with Crippen molar-refractivity contribution in [1.29, 1.82) is 0 Å². The van der Waals surface area contributed by atoms with E-state index in [0.29, 0.717) is 26.4 Å². The Hall–Kier alpha value is 1.16. The molecule has 2 aliphatic rings. The van der Waals surface area contributed by atoms with Gasteiger partial charge in [-0.1, -0.05) is 0 Å². The van der Waals surface area contributed by atoms with Gasteiger partial charge in [-0.2, -0.15) is 0 Å². The molecule has 0 aromatic heterocycles. The average molecular weight is 578 g/mol. The van der Waals surface area contributed by atoms with Gasteiger partial charge in [0.25, 0.3) is 6.48 Å². The molecule has 206 valence electrons. The Morgan fingerprint density at radius 2 is 1.06 bits per heavy atom. The molecule has 0 amide bonds. The van der Waals surface area contributed by atoms with E-state index in [0.717, 1.165) is 0 Å². The third kappa shape index (κ3) is 15.4. The Labute approximate surface area is 207 Å². The van der Waals surface area contributed by atoms with Gasteiger partial charge in [-0.25, -0.2) is 0 Å². The minimum absolute atomic E-state index is 0.0147. The number of methoxy groups -OCH3 is 3. The molecule has 34 heavy (non-hydrogen) atoms. The molecule has 0 aromatic rings. The summed E-state index contributed by atoms with van der Waals surface area (Å²) in [7, 11) is 7.61. The number of hydrogen-bond donors (Lipinski definition) is 0. The maximum absolute atomic E-state index is 5.49. The van der Waals surface area contributed by atoms with Crippen LogP contribution in [0.1, 0.15) is 0 Å². The molecule has 14 nitrogen and oxygen atoms in total. The van der Waals surface area contributed by atoms with Gasteiger partial charge in [0.1, 0.15) is 0 Å². The first-order valence-corrected chi connectivity index (χ1v) is 14.5. The summed E-state index contributed by atoms with van der Waals surface area (Å²) in [5, 5.41) is 0. The number of ether oxygens (including phenoxy) is 3. The zero-order valence-corrected chi connectivity index (χ0v) is 24.7. The quantitative estimate of drug-likeness (QED) is 0.243. The second-order valence-electron chi connectivity index (χ2n) is 5.99. The van der Waals surface area contributed by atoms with Crippen LogP contribution in [0.3, 0.4) is 0 Å². The van der Waals surface area contributed by atoms with Gasteiger partial charge >= 0.3 is 25.8 Å². The molecule has 2 aliphatic heterocycles. The van der Waals surface area contributed by atoms with E-state index in [1.54, 1.807) is 7.11 Å². The van der Waals surface area contributed by atoms with Crippen LogP contribution in [0.2, 0.25) is 0 Å². The molecule has 0 radical (unpaired) electrons. The van der Waals surface area contributed by atoms with Crippen LogP contribution >= 0.6 is 34.2 Å². The van der Waals surface area contributed by atoms with E-state index >= 15 is 0 Å². The molecule has 2 fully saturated rings. The van der Waals surface area contributed by atoms with Gasteiger partial charge in [0.15, 0.2) is 15.2 Å². The van der Waals surface area contributed by atoms with Crippen molar-refractivity contribution < 1.29 is 64.0 Å². The molecule has 0 N–H and O–H groups in total. The molecule has 0 atom stereocenters. The topological polar surface area (TPSA) is 129 Å². The number of hydrogen-bond acceptors (Lipinski definition) is 14. The average Bonchev–Trinajstić information content (AvgIpc) is 2.88. The largest absolute Gasteiger partial charge is 0.334 e. The first-order valence-electron chi connectivity index (χ1n) is 9.57. The molecule has 0 aliphatic carbocycles. The Morgan fingerprint density at radius 1 is 0.676 bits per heavy atom. The van der Waals surface area contributed by atoms with E-state index in [1.807, 2.05) is 6.66 Å². The number of rotatable bonds is 12. The second kappa shape index (κ2) is 22.2. The molecule has 2 rings (SSSR count). The van der Waals surface area contributed by atoms with E-state index in [4.69, 9.17) is 49.8 Å². The van der Waals surface area contributed by atoms with Crippen LogP contribution in [0.4, 0.5) is 0 Å². The standard InChI is InChI=1S/C7H14O5P2.C5H14O6P2.C4H10O3/c1-8-14-11-5-7(6-12-14)3-9-13(2)10-4-7;1-6-12(7-2)10-5-11-13(8-3)9-4;1-5-4(6-2)7-3/h3-6H2,1-2H3;5H2,1-4H3;4H,1-3H3. The lowest BCUT2D eigenvalue weighted by Crippen LogP contribution is -2.44. The SMILES string of the molecule is COC(OC)OC.COP(OC)OCOP(OC)OC.COP1OCC2(COP(C)OC2)CO1. The van der Waals surface area contributed by atoms with Crippen LogP contribution in [0.25, 0.3) is 0 Å². The van der Waals surface area contributed by atoms with Crippen LogP contribution in [-0.4, -0.2) is 103 Å². The first-order chi connectivity index (χ1) is 16.4. The summed E-state index contributed by atoms with van der Waals surface area (Å²) in [6, 6.07) is 0. The fourth-order valence-corrected chi connectivity index (χ4v) is 5.13. The van der Waals surface area contributed by atoms with Gasteiger partial charge < -0.3 is 54.9 Å². The van der Waals surface area contributed by atoms with Gasteiger partial charge in [-0.3, -0.25) is 9.05 Å². The van der Waals surface area contributed by atoms with Gasteiger partial charge in [0.2, 0.25) is 0 Å². The molecule has 0 aromatic carbocycles. The zero-order chi connectivity index (χ0) is 25.8. The molecular weight excluding hydrogens is 540 g/mol. The van der Waals surface area contributed by atoms with Crippen LogP contribution in [0, 0.1) is 5.41 Å². The summed E-state index contributed by atoms with van der Waals surface area (Å²) in [5.41, 5.74) is -0.119. The minimum Gasteiger partial charge on any atom is -0.333 e. The van der Waals surface area contributed by atoms with Crippen molar-refractivity contribution in [2.45, 2.75) is 6.48 Å². The van der Waals surface area contributed by atoms with Crippen molar-refractivity contribution in [3.8, 4) is 0 Å². The lowest BCUT2D eigenvalue weighted by Gasteiger charge is -2.41. The van der Waals surface area contributed by atoms with Gasteiger partial charge in [-0.15, -0.1) is 0 Å². The van der Waals surface area contributed by atoms with E-state index in [1.165, 1.54) is 49.8 Å². The molecule has 0 unspecified atom stereocenters. The lowest BCUT2D eigenvalue weighted by atomic mass is 9.93. The van der Waals surface area contributed by atoms with Gasteiger partial charge in [0, 0.05) is 63.5 Å². The van der Waals surface area contributed by atoms with E-state index in [-0.39, 0.29) is 12.2 Å². The third-order valence-electron chi connectivity index (χ3n) is 3.70. The highest BCUT2D eigenvalue weighted by Crippen LogP contribution is 2.50. The van der Waals surface area contributed by atoms with Gasteiger partial charge in [0.05, 0.1) is 31.8 Å². The Kier molecular flexibility index (Phi) is 22.9. The normalized spacial score (nSPS) is 24.7. The van der Waals surface area contributed by atoms with Gasteiger partial charge in [-0.05, 0) is 0 Å². The summed E-state index contributed by atoms with van der Waals surface area (Å²) in [6.07, 6.45) is 0. The van der Waals surface area contributed by atoms with Crippen LogP contribution in [0.5, 0.6) is 0 Å². The summed E-state index contributed by atoms with van der Waals surface area (Å²) < 4.78 is 69.9. The fourth-order valence-electron chi connectivity index (χ4n) is 2.02. The summed E-state index contributed by atoms with van der Waals surface area (Å²) in [5.74, 6) is 0. The molecule has 2 heterocycles. The third-order valence-corrected chi connectivity index (χ3v) is 7.48. The lowest BCUT2D eigenvalue weighted by molar-refractivity contribution is -0.252. The molecule has 1 spiro atoms. The van der Waals surface area contributed by atoms with Crippen LogP contribution in [-0.2, 0) is 64.0 Å². The predicted octanol–water partition coefficient (Wildman–Crippen LogP) is 4.11. The van der Waals surface area contributed by atoms with Crippen molar-refractivity contribution in [2.75, 3.05) is 96.8 Å². The predicted molar refractivity (Wildman–Crippen MR) is 127 cm³/mol. The summed E-state index contributed by atoms with van der Waals surface area (Å²) in [6.45, 7) is 3.95. The summed E-state index contributed by atoms with van der Waals surface area (Å²) in [4.78, 5) is 0. The second-order valence-corrected chi connectivity index (χ2v) is 11.6. The Bertz CT molecular complexity index is 424. The highest BCUT2D eigenvalue weighted by Gasteiger charge is 2.42. The molecule has 0 saturated carbocycles. The Morgan fingerprint density at radius 3 is 1.35 bits per heavy atom. The highest BCUT2D eigenvalue weighted by molar-refractivity contribution is 7.46. The van der Waals surface area contributed by atoms with Crippen molar-refractivity contribution in [3.05, 3.63) is 0 Å². The Balaban J connectivity index is 0.000000509. The van der Waals surface area contributed by atoms with Crippen molar-refractivity contribution in [2.24, 2.45) is 5.41 Å². The zero-order valence-electron chi connectivity index (χ0n) is 21.1. The first kappa shape index (κ1) is 35.2. The molecular formula is C16H38O14P4. The van der Waals surface area contributed by atoms with Crippen molar-refractivity contribution >= 4 is 34.2 Å². The van der Waals surface area contributed by atoms with Crippen molar-refractivity contribution in [3.63, 3.8) is 0 Å².